The van der Waals surface area contributed by atoms with Gasteiger partial charge in [-0.05, 0) is 38.8 Å². The average Bonchev–Trinajstić information content (AvgIpc) is 2.43. The summed E-state index contributed by atoms with van der Waals surface area (Å²) in [7, 11) is 0. The maximum Gasteiger partial charge on any atom is 0.411 e. The quantitative estimate of drug-likeness (QED) is 0.617. The second-order valence-electron chi connectivity index (χ2n) is 6.65. The van der Waals surface area contributed by atoms with Crippen LogP contribution < -0.4 is 0 Å². The van der Waals surface area contributed by atoms with Crippen molar-refractivity contribution < 1.29 is 19.2 Å². The normalized spacial score (nSPS) is 17.4. The van der Waals surface area contributed by atoms with Crippen LogP contribution in [-0.2, 0) is 22.5 Å². The van der Waals surface area contributed by atoms with E-state index >= 15 is 0 Å². The van der Waals surface area contributed by atoms with E-state index < -0.39 is 22.7 Å². The van der Waals surface area contributed by atoms with Gasteiger partial charge in [-0.15, -0.1) is 0 Å². The molecule has 0 fully saturated rings. The van der Waals surface area contributed by atoms with E-state index in [0.29, 0.717) is 0 Å². The number of benzene rings is 1. The Kier molecular flexibility index (Phi) is 4.40. The maximum absolute atomic E-state index is 12.4. The van der Waals surface area contributed by atoms with Crippen LogP contribution in [-0.4, -0.2) is 33.3 Å². The Bertz CT molecular complexity index is 663. The highest BCUT2D eigenvalue weighted by atomic mass is 16.6. The van der Waals surface area contributed by atoms with E-state index in [1.165, 1.54) is 24.0 Å². The van der Waals surface area contributed by atoms with Gasteiger partial charge in [0.1, 0.15) is 5.60 Å². The Balaban J connectivity index is 2.33. The number of carbonyl (C=O) groups is 2. The molecular formula is C16H20N2O5. The predicted octanol–water partition coefficient (Wildman–Crippen LogP) is 2.85. The third-order valence-electron chi connectivity index (χ3n) is 3.63. The molecule has 1 heterocycles. The van der Waals surface area contributed by atoms with Gasteiger partial charge in [0.25, 0.3) is 5.69 Å². The minimum Gasteiger partial charge on any atom is -0.444 e. The van der Waals surface area contributed by atoms with Crippen LogP contribution >= 0.6 is 0 Å². The molecule has 23 heavy (non-hydrogen) atoms. The third kappa shape index (κ3) is 3.85. The van der Waals surface area contributed by atoms with Crippen molar-refractivity contribution in [2.24, 2.45) is 0 Å². The number of nitrogens with zero attached hydrogens (tertiary/aromatic N) is 2. The van der Waals surface area contributed by atoms with Crippen LogP contribution in [0.1, 0.15) is 38.8 Å². The molecule has 0 N–H and O–H groups in total. The molecule has 2 rings (SSSR count). The van der Waals surface area contributed by atoms with Gasteiger partial charge in [0.05, 0.1) is 17.5 Å². The fourth-order valence-corrected chi connectivity index (χ4v) is 2.56. The van der Waals surface area contributed by atoms with Gasteiger partial charge in [-0.3, -0.25) is 19.8 Å². The van der Waals surface area contributed by atoms with Crippen LogP contribution in [0.4, 0.5) is 10.5 Å². The summed E-state index contributed by atoms with van der Waals surface area (Å²) in [5, 5.41) is 10.9. The number of carbonyl (C=O) groups excluding carboxylic acids is 2. The van der Waals surface area contributed by atoms with Crippen LogP contribution in [0.3, 0.4) is 0 Å². The number of amides is 1. The summed E-state index contributed by atoms with van der Waals surface area (Å²) in [6.45, 7) is 6.88. The van der Waals surface area contributed by atoms with Crippen molar-refractivity contribution >= 4 is 17.6 Å². The Morgan fingerprint density at radius 1 is 1.30 bits per heavy atom. The molecule has 0 bridgehead atoms. The van der Waals surface area contributed by atoms with Crippen LogP contribution in [0.2, 0.25) is 0 Å². The molecule has 0 aliphatic carbocycles. The van der Waals surface area contributed by atoms with Crippen molar-refractivity contribution in [2.75, 3.05) is 0 Å². The summed E-state index contributed by atoms with van der Waals surface area (Å²) in [5.41, 5.74) is 0.837. The zero-order chi connectivity index (χ0) is 17.4. The Hall–Kier alpha value is -2.44. The lowest BCUT2D eigenvalue weighted by molar-refractivity contribution is -0.384. The number of hydrogen-bond acceptors (Lipinski definition) is 5. The molecule has 7 heteroatoms. The molecular weight excluding hydrogens is 300 g/mol. The molecule has 1 atom stereocenters. The number of ether oxygens (including phenoxy) is 1. The molecule has 0 unspecified atom stereocenters. The molecule has 0 saturated carbocycles. The highest BCUT2D eigenvalue weighted by Crippen LogP contribution is 2.28. The molecule has 1 aromatic carbocycles. The standard InChI is InChI=1S/C16H20N2O5/c1-10(19)14-8-12-7-13(18(21)22)6-5-11(12)9-17(14)15(20)23-16(2,3)4/h5-7,14H,8-9H2,1-4H3/t14-/m0/s1. The first-order valence-corrected chi connectivity index (χ1v) is 7.35. The molecule has 0 aromatic heterocycles. The maximum atomic E-state index is 12.4. The fourth-order valence-electron chi connectivity index (χ4n) is 2.56. The van der Waals surface area contributed by atoms with Gasteiger partial charge in [0, 0.05) is 18.6 Å². The molecule has 1 aromatic rings. The number of ketones is 1. The minimum absolute atomic E-state index is 0.0169. The minimum atomic E-state index is -0.667. The first-order chi connectivity index (χ1) is 10.6. The molecule has 0 saturated heterocycles. The molecule has 0 radical (unpaired) electrons. The topological polar surface area (TPSA) is 89.8 Å². The fraction of sp³-hybridized carbons (Fsp3) is 0.500. The van der Waals surface area contributed by atoms with E-state index in [0.717, 1.165) is 11.1 Å². The first kappa shape index (κ1) is 16.9. The van der Waals surface area contributed by atoms with Gasteiger partial charge in [-0.1, -0.05) is 6.07 Å². The van der Waals surface area contributed by atoms with Crippen molar-refractivity contribution in [1.82, 2.24) is 4.90 Å². The van der Waals surface area contributed by atoms with Crippen molar-refractivity contribution in [2.45, 2.75) is 52.3 Å². The highest BCUT2D eigenvalue weighted by Gasteiger charge is 2.35. The Morgan fingerprint density at radius 3 is 2.48 bits per heavy atom. The number of nitro benzene ring substituents is 1. The van der Waals surface area contributed by atoms with Gasteiger partial charge >= 0.3 is 6.09 Å². The summed E-state index contributed by atoms with van der Waals surface area (Å²) in [4.78, 5) is 36.1. The lowest BCUT2D eigenvalue weighted by Gasteiger charge is -2.36. The summed E-state index contributed by atoms with van der Waals surface area (Å²) < 4.78 is 5.36. The SMILES string of the molecule is CC(=O)[C@@H]1Cc2cc([N+](=O)[O-])ccc2CN1C(=O)OC(C)(C)C. The van der Waals surface area contributed by atoms with Gasteiger partial charge in [-0.25, -0.2) is 4.79 Å². The van der Waals surface area contributed by atoms with E-state index in [9.17, 15) is 19.7 Å². The second kappa shape index (κ2) is 5.98. The molecule has 1 aliphatic rings. The monoisotopic (exact) mass is 320 g/mol. The Labute approximate surface area is 134 Å². The number of fused-ring (bicyclic) bond motifs is 1. The zero-order valence-corrected chi connectivity index (χ0v) is 13.7. The molecule has 7 nitrogen and oxygen atoms in total. The number of nitro groups is 1. The number of rotatable bonds is 2. The van der Waals surface area contributed by atoms with Crippen molar-refractivity contribution in [3.05, 3.63) is 39.4 Å². The molecule has 124 valence electrons. The van der Waals surface area contributed by atoms with Crippen LogP contribution in [0, 0.1) is 10.1 Å². The Morgan fingerprint density at radius 2 is 1.96 bits per heavy atom. The van der Waals surface area contributed by atoms with Gasteiger partial charge in [0.15, 0.2) is 5.78 Å². The molecule has 1 amide bonds. The van der Waals surface area contributed by atoms with Gasteiger partial charge < -0.3 is 4.74 Å². The van der Waals surface area contributed by atoms with Gasteiger partial charge in [0.2, 0.25) is 0 Å². The van der Waals surface area contributed by atoms with E-state index in [1.807, 2.05) is 0 Å². The molecule has 1 aliphatic heterocycles. The number of non-ortho nitro benzene ring substituents is 1. The van der Waals surface area contributed by atoms with E-state index in [1.54, 1.807) is 26.8 Å². The number of hydrogen-bond donors (Lipinski definition) is 0. The summed E-state index contributed by atoms with van der Waals surface area (Å²) >= 11 is 0. The van der Waals surface area contributed by atoms with E-state index in [4.69, 9.17) is 4.74 Å². The lowest BCUT2D eigenvalue weighted by Crippen LogP contribution is -2.49. The predicted molar refractivity (Wildman–Crippen MR) is 83.0 cm³/mol. The summed E-state index contributed by atoms with van der Waals surface area (Å²) in [6.07, 6.45) is -0.298. The van der Waals surface area contributed by atoms with Crippen molar-refractivity contribution in [3.8, 4) is 0 Å². The van der Waals surface area contributed by atoms with Gasteiger partial charge in [-0.2, -0.15) is 0 Å². The van der Waals surface area contributed by atoms with Crippen molar-refractivity contribution in [3.63, 3.8) is 0 Å². The van der Waals surface area contributed by atoms with Crippen molar-refractivity contribution in [1.29, 1.82) is 0 Å². The second-order valence-corrected chi connectivity index (χ2v) is 6.65. The van der Waals surface area contributed by atoms with Crippen LogP contribution in [0.15, 0.2) is 18.2 Å². The zero-order valence-electron chi connectivity index (χ0n) is 13.7. The number of Topliss-reactive ketones (excluding diaryl/α,β-unsaturated/α-hetero) is 1. The largest absolute Gasteiger partial charge is 0.444 e. The summed E-state index contributed by atoms with van der Waals surface area (Å²) in [6, 6.07) is 3.83. The highest BCUT2D eigenvalue weighted by molar-refractivity contribution is 5.86. The summed E-state index contributed by atoms with van der Waals surface area (Å²) in [5.74, 6) is -0.173. The van der Waals surface area contributed by atoms with Crippen LogP contribution in [0.25, 0.3) is 0 Å². The van der Waals surface area contributed by atoms with E-state index in [2.05, 4.69) is 0 Å². The first-order valence-electron chi connectivity index (χ1n) is 7.35. The molecule has 0 spiro atoms. The average molecular weight is 320 g/mol. The smallest absolute Gasteiger partial charge is 0.411 e. The van der Waals surface area contributed by atoms with Crippen LogP contribution in [0.5, 0.6) is 0 Å². The lowest BCUT2D eigenvalue weighted by atomic mass is 9.92. The van der Waals surface area contributed by atoms with E-state index in [-0.39, 0.29) is 24.4 Å². The third-order valence-corrected chi connectivity index (χ3v) is 3.63.